The molecule has 0 saturated carbocycles. The Morgan fingerprint density at radius 2 is 2.12 bits per heavy atom. The van der Waals surface area contributed by atoms with Gasteiger partial charge < -0.3 is 5.32 Å². The van der Waals surface area contributed by atoms with E-state index in [1.165, 1.54) is 27.1 Å². The van der Waals surface area contributed by atoms with Gasteiger partial charge in [0.2, 0.25) is 0 Å². The fourth-order valence-corrected chi connectivity index (χ4v) is 3.83. The van der Waals surface area contributed by atoms with Crippen LogP contribution in [0.3, 0.4) is 0 Å². The van der Waals surface area contributed by atoms with Gasteiger partial charge in [-0.25, -0.2) is 0 Å². The molecule has 1 nitrogen and oxygen atoms in total. The van der Waals surface area contributed by atoms with Crippen LogP contribution in [0.25, 0.3) is 0 Å². The van der Waals surface area contributed by atoms with Crippen LogP contribution in [0.5, 0.6) is 0 Å². The van der Waals surface area contributed by atoms with Crippen LogP contribution in [0.15, 0.2) is 10.5 Å². The summed E-state index contributed by atoms with van der Waals surface area (Å²) in [6.45, 7) is 10.00. The first-order valence-electron chi connectivity index (χ1n) is 6.09. The summed E-state index contributed by atoms with van der Waals surface area (Å²) < 4.78 is 1.25. The quantitative estimate of drug-likeness (QED) is 0.787. The second-order valence-electron chi connectivity index (χ2n) is 4.35. The van der Waals surface area contributed by atoms with Gasteiger partial charge in [-0.15, -0.1) is 11.3 Å². The third-order valence-corrected chi connectivity index (χ3v) is 5.14. The maximum Gasteiger partial charge on any atom is 0.0441 e. The summed E-state index contributed by atoms with van der Waals surface area (Å²) in [4.78, 5) is 2.84. The van der Waals surface area contributed by atoms with E-state index in [1.807, 2.05) is 11.3 Å². The first-order valence-corrected chi connectivity index (χ1v) is 7.70. The molecule has 1 N–H and O–H groups in total. The molecule has 0 amide bonds. The van der Waals surface area contributed by atoms with Crippen molar-refractivity contribution in [2.24, 2.45) is 5.92 Å². The molecule has 0 aliphatic carbocycles. The Balaban J connectivity index is 2.83. The number of halogens is 1. The Labute approximate surface area is 112 Å². The van der Waals surface area contributed by atoms with Crippen molar-refractivity contribution in [2.45, 2.75) is 46.6 Å². The monoisotopic (exact) mass is 303 g/mol. The Morgan fingerprint density at radius 3 is 2.56 bits per heavy atom. The topological polar surface area (TPSA) is 12.0 Å². The van der Waals surface area contributed by atoms with Crippen LogP contribution >= 0.6 is 27.3 Å². The third kappa shape index (κ3) is 3.57. The minimum Gasteiger partial charge on any atom is -0.309 e. The van der Waals surface area contributed by atoms with Crippen LogP contribution < -0.4 is 5.32 Å². The number of aryl methyl sites for hydroxylation is 1. The van der Waals surface area contributed by atoms with Crippen molar-refractivity contribution in [2.75, 3.05) is 6.54 Å². The van der Waals surface area contributed by atoms with E-state index in [9.17, 15) is 0 Å². The summed E-state index contributed by atoms with van der Waals surface area (Å²) in [6, 6.07) is 2.79. The van der Waals surface area contributed by atoms with Gasteiger partial charge in [-0.1, -0.05) is 27.2 Å². The molecule has 92 valence electrons. The van der Waals surface area contributed by atoms with Crippen molar-refractivity contribution < 1.29 is 0 Å². The van der Waals surface area contributed by atoms with E-state index in [1.54, 1.807) is 0 Å². The summed E-state index contributed by atoms with van der Waals surface area (Å²) in [6.07, 6.45) is 2.54. The maximum absolute atomic E-state index is 3.61. The summed E-state index contributed by atoms with van der Waals surface area (Å²) in [5.41, 5.74) is 0. The number of nitrogens with one attached hydrogen (secondary N) is 1. The van der Waals surface area contributed by atoms with E-state index < -0.39 is 0 Å². The van der Waals surface area contributed by atoms with Crippen molar-refractivity contribution in [1.29, 1.82) is 0 Å². The van der Waals surface area contributed by atoms with Crippen molar-refractivity contribution in [3.63, 3.8) is 0 Å². The molecule has 16 heavy (non-hydrogen) atoms. The van der Waals surface area contributed by atoms with Gasteiger partial charge in [-0.05, 0) is 47.8 Å². The number of rotatable bonds is 6. The maximum atomic E-state index is 3.61. The zero-order valence-corrected chi connectivity index (χ0v) is 13.0. The molecule has 2 atom stereocenters. The third-order valence-electron chi connectivity index (χ3n) is 2.92. The molecule has 3 heteroatoms. The average Bonchev–Trinajstić information content (AvgIpc) is 2.55. The van der Waals surface area contributed by atoms with Crippen LogP contribution in [0.1, 0.15) is 49.4 Å². The van der Waals surface area contributed by atoms with Gasteiger partial charge in [-0.2, -0.15) is 0 Å². The fourth-order valence-electron chi connectivity index (χ4n) is 2.06. The second kappa shape index (κ2) is 6.77. The van der Waals surface area contributed by atoms with E-state index in [0.717, 1.165) is 6.54 Å². The average molecular weight is 304 g/mol. The van der Waals surface area contributed by atoms with E-state index in [2.05, 4.69) is 55.0 Å². The number of hydrogen-bond acceptors (Lipinski definition) is 2. The minimum atomic E-state index is 0.514. The first kappa shape index (κ1) is 14.2. The van der Waals surface area contributed by atoms with Crippen molar-refractivity contribution >= 4 is 27.3 Å². The molecule has 0 bridgehead atoms. The first-order chi connectivity index (χ1) is 7.60. The van der Waals surface area contributed by atoms with Gasteiger partial charge in [0, 0.05) is 20.3 Å². The normalized spacial score (nSPS) is 15.1. The molecule has 1 rings (SSSR count). The zero-order chi connectivity index (χ0) is 12.1. The van der Waals surface area contributed by atoms with Gasteiger partial charge >= 0.3 is 0 Å². The molecule has 1 aromatic rings. The second-order valence-corrected chi connectivity index (χ2v) is 6.50. The highest BCUT2D eigenvalue weighted by Gasteiger charge is 2.20. The van der Waals surface area contributed by atoms with Gasteiger partial charge in [0.25, 0.3) is 0 Å². The van der Waals surface area contributed by atoms with Crippen LogP contribution in [-0.4, -0.2) is 6.54 Å². The molecule has 2 unspecified atom stereocenters. The molecule has 1 aromatic heterocycles. The lowest BCUT2D eigenvalue weighted by Gasteiger charge is -2.23. The highest BCUT2D eigenvalue weighted by Crippen LogP contribution is 2.35. The highest BCUT2D eigenvalue weighted by atomic mass is 79.9. The number of hydrogen-bond donors (Lipinski definition) is 1. The molecular weight excluding hydrogens is 282 g/mol. The van der Waals surface area contributed by atoms with E-state index in [0.29, 0.717) is 12.0 Å². The van der Waals surface area contributed by atoms with Crippen LogP contribution in [0, 0.1) is 12.8 Å². The number of thiophene rings is 1. The minimum absolute atomic E-state index is 0.514. The Morgan fingerprint density at radius 1 is 1.44 bits per heavy atom. The lowest BCUT2D eigenvalue weighted by atomic mass is 9.95. The molecular formula is C13H22BrNS. The van der Waals surface area contributed by atoms with Crippen LogP contribution in [-0.2, 0) is 0 Å². The summed E-state index contributed by atoms with van der Waals surface area (Å²) in [5, 5.41) is 3.61. The lowest BCUT2D eigenvalue weighted by molar-refractivity contribution is 0.374. The summed E-state index contributed by atoms with van der Waals surface area (Å²) >= 11 is 5.51. The molecule has 0 spiro atoms. The zero-order valence-electron chi connectivity index (χ0n) is 10.6. The van der Waals surface area contributed by atoms with Crippen molar-refractivity contribution in [3.05, 3.63) is 20.3 Å². The lowest BCUT2D eigenvalue weighted by Crippen LogP contribution is -2.26. The van der Waals surface area contributed by atoms with Gasteiger partial charge in [0.05, 0.1) is 0 Å². The summed E-state index contributed by atoms with van der Waals surface area (Å²) in [5.74, 6) is 0.704. The molecule has 1 heterocycles. The van der Waals surface area contributed by atoms with Gasteiger partial charge in [-0.3, -0.25) is 0 Å². The Hall–Kier alpha value is 0.140. The predicted molar refractivity (Wildman–Crippen MR) is 77.2 cm³/mol. The van der Waals surface area contributed by atoms with Crippen LogP contribution in [0.2, 0.25) is 0 Å². The molecule has 0 aliphatic heterocycles. The Bertz CT molecular complexity index is 302. The molecule has 0 saturated heterocycles. The highest BCUT2D eigenvalue weighted by molar-refractivity contribution is 9.10. The fraction of sp³-hybridized carbons (Fsp3) is 0.692. The molecule has 0 aromatic carbocycles. The predicted octanol–water partition coefficient (Wildman–Crippen LogP) is 4.91. The Kier molecular flexibility index (Phi) is 6.01. The molecule has 0 radical (unpaired) electrons. The largest absolute Gasteiger partial charge is 0.309 e. The van der Waals surface area contributed by atoms with Gasteiger partial charge in [0.1, 0.15) is 0 Å². The van der Waals surface area contributed by atoms with Crippen molar-refractivity contribution in [3.8, 4) is 0 Å². The SMILES string of the molecule is CCCC(C)C(NCC)c1cc(Br)c(C)s1. The van der Waals surface area contributed by atoms with Crippen molar-refractivity contribution in [1.82, 2.24) is 5.32 Å². The molecule has 0 aliphatic rings. The van der Waals surface area contributed by atoms with E-state index in [4.69, 9.17) is 0 Å². The standard InChI is InChI=1S/C13H22BrNS/c1-5-7-9(3)13(15-6-2)12-8-11(14)10(4)16-12/h8-9,13,15H,5-7H2,1-4H3. The smallest absolute Gasteiger partial charge is 0.0441 e. The van der Waals surface area contributed by atoms with E-state index in [-0.39, 0.29) is 0 Å². The van der Waals surface area contributed by atoms with Gasteiger partial charge in [0.15, 0.2) is 0 Å². The summed E-state index contributed by atoms with van der Waals surface area (Å²) in [7, 11) is 0. The van der Waals surface area contributed by atoms with Crippen LogP contribution in [0.4, 0.5) is 0 Å². The molecule has 0 fully saturated rings. The van der Waals surface area contributed by atoms with E-state index >= 15 is 0 Å².